The normalized spacial score (nSPS) is 37.0. The summed E-state index contributed by atoms with van der Waals surface area (Å²) in [6.07, 6.45) is 4.08. The van der Waals surface area contributed by atoms with Crippen molar-refractivity contribution in [2.75, 3.05) is 6.54 Å². The Hall–Kier alpha value is -1.91. The van der Waals surface area contributed by atoms with Gasteiger partial charge in [-0.3, -0.25) is 9.69 Å². The lowest BCUT2D eigenvalue weighted by atomic mass is 9.80. The molecular formula is C17H19NO5. The summed E-state index contributed by atoms with van der Waals surface area (Å²) in [5.74, 6) is -1.26. The van der Waals surface area contributed by atoms with Crippen LogP contribution in [0, 0.1) is 18.4 Å². The molecule has 3 rings (SSSR count). The molecule has 0 aromatic heterocycles. The zero-order valence-corrected chi connectivity index (χ0v) is 12.4. The van der Waals surface area contributed by atoms with E-state index < -0.39 is 42.3 Å². The molecule has 2 heterocycles. The topological polar surface area (TPSA) is 90.2 Å². The summed E-state index contributed by atoms with van der Waals surface area (Å²) in [6.45, 7) is 0.169. The number of terminal acetylenes is 1. The molecule has 0 spiro atoms. The quantitative estimate of drug-likeness (QED) is 0.510. The molecular weight excluding hydrogens is 298 g/mol. The van der Waals surface area contributed by atoms with E-state index in [0.29, 0.717) is 0 Å². The number of esters is 1. The van der Waals surface area contributed by atoms with E-state index >= 15 is 0 Å². The molecule has 1 aromatic carbocycles. The Kier molecular flexibility index (Phi) is 4.37. The first-order chi connectivity index (χ1) is 11.0. The van der Waals surface area contributed by atoms with Gasteiger partial charge in [0, 0.05) is 12.6 Å². The minimum absolute atomic E-state index is 0.116. The highest BCUT2D eigenvalue weighted by Gasteiger charge is 2.54. The van der Waals surface area contributed by atoms with Crippen LogP contribution in [0.1, 0.15) is 18.0 Å². The molecule has 2 unspecified atom stereocenters. The highest BCUT2D eigenvalue weighted by atomic mass is 16.5. The SMILES string of the molecule is C#COC(=O)C1C[C@@H](O)[C@@H]2[C@H](O)[C@H](O)CN2C1c1ccccc1. The number of hydrogen-bond acceptors (Lipinski definition) is 6. The van der Waals surface area contributed by atoms with Crippen LogP contribution in [0.15, 0.2) is 30.3 Å². The molecule has 122 valence electrons. The standard InChI is InChI=1S/C17H19NO5/c1-2-23-17(22)11-8-12(19)15-16(21)13(20)9-18(15)14(11)10-6-4-3-5-7-10/h1,3-7,11-16,19-21H,8-9H2/t11?,12-,13-,14?,15-,16-/m1/s1. The first-order valence-corrected chi connectivity index (χ1v) is 7.55. The van der Waals surface area contributed by atoms with E-state index in [1.54, 1.807) is 4.90 Å². The van der Waals surface area contributed by atoms with Crippen molar-refractivity contribution < 1.29 is 24.9 Å². The predicted molar refractivity (Wildman–Crippen MR) is 80.7 cm³/mol. The second-order valence-electron chi connectivity index (χ2n) is 6.05. The van der Waals surface area contributed by atoms with Crippen molar-refractivity contribution in [3.63, 3.8) is 0 Å². The van der Waals surface area contributed by atoms with Gasteiger partial charge in [-0.15, -0.1) is 0 Å². The number of hydrogen-bond donors (Lipinski definition) is 3. The van der Waals surface area contributed by atoms with Crippen molar-refractivity contribution in [1.82, 2.24) is 4.90 Å². The van der Waals surface area contributed by atoms with Gasteiger partial charge in [-0.2, -0.15) is 0 Å². The number of carbonyl (C=O) groups is 1. The molecule has 2 aliphatic heterocycles. The van der Waals surface area contributed by atoms with Crippen LogP contribution in [0.3, 0.4) is 0 Å². The predicted octanol–water partition coefficient (Wildman–Crippen LogP) is -0.352. The van der Waals surface area contributed by atoms with Crippen molar-refractivity contribution in [2.24, 2.45) is 5.92 Å². The van der Waals surface area contributed by atoms with Crippen molar-refractivity contribution in [3.05, 3.63) is 35.9 Å². The number of aliphatic hydroxyl groups excluding tert-OH is 3. The Bertz CT molecular complexity index is 613. The fourth-order valence-corrected chi connectivity index (χ4v) is 3.81. The molecule has 2 aliphatic rings. The van der Waals surface area contributed by atoms with Crippen molar-refractivity contribution >= 4 is 5.97 Å². The largest absolute Gasteiger partial charge is 0.391 e. The average molecular weight is 317 g/mol. The molecule has 6 atom stereocenters. The van der Waals surface area contributed by atoms with Gasteiger partial charge in [0.05, 0.1) is 30.3 Å². The fourth-order valence-electron chi connectivity index (χ4n) is 3.81. The van der Waals surface area contributed by atoms with E-state index in [0.717, 1.165) is 5.56 Å². The molecule has 0 bridgehead atoms. The van der Waals surface area contributed by atoms with Gasteiger partial charge in [-0.25, -0.2) is 0 Å². The molecule has 3 N–H and O–H groups in total. The summed E-state index contributed by atoms with van der Waals surface area (Å²) in [7, 11) is 0. The van der Waals surface area contributed by atoms with Crippen LogP contribution >= 0.6 is 0 Å². The van der Waals surface area contributed by atoms with Gasteiger partial charge in [-0.1, -0.05) is 36.8 Å². The number of benzene rings is 1. The third-order valence-corrected chi connectivity index (χ3v) is 4.76. The second-order valence-corrected chi connectivity index (χ2v) is 6.05. The van der Waals surface area contributed by atoms with Crippen molar-refractivity contribution in [3.8, 4) is 12.5 Å². The second kappa shape index (κ2) is 6.30. The zero-order chi connectivity index (χ0) is 16.6. The minimum Gasteiger partial charge on any atom is -0.391 e. The third kappa shape index (κ3) is 2.73. The van der Waals surface area contributed by atoms with Crippen LogP contribution in [0.2, 0.25) is 0 Å². The van der Waals surface area contributed by atoms with E-state index in [1.165, 1.54) is 0 Å². The lowest BCUT2D eigenvalue weighted by Gasteiger charge is -2.44. The van der Waals surface area contributed by atoms with Gasteiger partial charge in [0.1, 0.15) is 6.11 Å². The van der Waals surface area contributed by atoms with E-state index in [-0.39, 0.29) is 13.0 Å². The number of nitrogens with zero attached hydrogens (tertiary/aromatic N) is 1. The average Bonchev–Trinajstić information content (AvgIpc) is 2.84. The van der Waals surface area contributed by atoms with Gasteiger partial charge in [0.2, 0.25) is 0 Å². The summed E-state index contributed by atoms with van der Waals surface area (Å²) >= 11 is 0. The number of carbonyl (C=O) groups excluding carboxylic acids is 1. The number of piperidine rings is 1. The Balaban J connectivity index is 2.00. The molecule has 0 amide bonds. The highest BCUT2D eigenvalue weighted by molar-refractivity contribution is 5.75. The van der Waals surface area contributed by atoms with Crippen LogP contribution in [0.25, 0.3) is 0 Å². The fraction of sp³-hybridized carbons (Fsp3) is 0.471. The molecule has 6 nitrogen and oxygen atoms in total. The third-order valence-electron chi connectivity index (χ3n) is 4.76. The van der Waals surface area contributed by atoms with Gasteiger partial charge in [0.15, 0.2) is 0 Å². The maximum Gasteiger partial charge on any atom is 0.324 e. The van der Waals surface area contributed by atoms with Gasteiger partial charge < -0.3 is 20.1 Å². The Morgan fingerprint density at radius 1 is 1.22 bits per heavy atom. The Morgan fingerprint density at radius 2 is 1.91 bits per heavy atom. The number of aliphatic hydroxyl groups is 3. The van der Waals surface area contributed by atoms with Crippen LogP contribution in [-0.4, -0.2) is 57.1 Å². The molecule has 0 radical (unpaired) electrons. The van der Waals surface area contributed by atoms with Crippen LogP contribution in [0.4, 0.5) is 0 Å². The summed E-state index contributed by atoms with van der Waals surface area (Å²) in [4.78, 5) is 14.0. The van der Waals surface area contributed by atoms with Crippen molar-refractivity contribution in [2.45, 2.75) is 36.8 Å². The highest BCUT2D eigenvalue weighted by Crippen LogP contribution is 2.43. The maximum atomic E-state index is 12.3. The van der Waals surface area contributed by atoms with Gasteiger partial charge in [-0.05, 0) is 12.0 Å². The number of ether oxygens (including phenoxy) is 1. The Labute approximate surface area is 134 Å². The lowest BCUT2D eigenvalue weighted by molar-refractivity contribution is -0.152. The van der Waals surface area contributed by atoms with Crippen molar-refractivity contribution in [1.29, 1.82) is 0 Å². The molecule has 23 heavy (non-hydrogen) atoms. The molecule has 6 heteroatoms. The molecule has 1 aromatic rings. The zero-order valence-electron chi connectivity index (χ0n) is 12.4. The van der Waals surface area contributed by atoms with E-state index in [9.17, 15) is 20.1 Å². The first-order valence-electron chi connectivity index (χ1n) is 7.55. The summed E-state index contributed by atoms with van der Waals surface area (Å²) in [5, 5.41) is 30.5. The Morgan fingerprint density at radius 3 is 2.57 bits per heavy atom. The maximum absolute atomic E-state index is 12.3. The minimum atomic E-state index is -1.05. The number of rotatable bonds is 2. The summed E-state index contributed by atoms with van der Waals surface area (Å²) in [6, 6.07) is 8.26. The summed E-state index contributed by atoms with van der Waals surface area (Å²) < 4.78 is 4.71. The monoisotopic (exact) mass is 317 g/mol. The molecule has 0 aliphatic carbocycles. The van der Waals surface area contributed by atoms with Crippen LogP contribution < -0.4 is 0 Å². The lowest BCUT2D eigenvalue weighted by Crippen LogP contribution is -2.55. The smallest absolute Gasteiger partial charge is 0.324 e. The van der Waals surface area contributed by atoms with E-state index in [2.05, 4.69) is 0 Å². The van der Waals surface area contributed by atoms with Crippen LogP contribution in [0.5, 0.6) is 0 Å². The number of fused-ring (bicyclic) bond motifs is 1. The summed E-state index contributed by atoms with van der Waals surface area (Å²) in [5.41, 5.74) is 0.852. The molecule has 0 saturated carbocycles. The van der Waals surface area contributed by atoms with Gasteiger partial charge in [0.25, 0.3) is 0 Å². The van der Waals surface area contributed by atoms with E-state index in [1.807, 2.05) is 36.4 Å². The molecule has 2 saturated heterocycles. The van der Waals surface area contributed by atoms with E-state index in [4.69, 9.17) is 11.2 Å². The van der Waals surface area contributed by atoms with Gasteiger partial charge >= 0.3 is 5.97 Å². The van der Waals surface area contributed by atoms with Crippen LogP contribution in [-0.2, 0) is 9.53 Å². The molecule has 2 fully saturated rings. The first kappa shape index (κ1) is 16.0.